The minimum atomic E-state index is -0.535. The van der Waals surface area contributed by atoms with E-state index in [1.165, 1.54) is 18.3 Å². The first-order valence-corrected chi connectivity index (χ1v) is 5.67. The first kappa shape index (κ1) is 13.2. The molecule has 1 aromatic heterocycles. The number of nitro benzene ring substituents is 1. The molecule has 19 heavy (non-hydrogen) atoms. The molecule has 0 aliphatic carbocycles. The van der Waals surface area contributed by atoms with E-state index < -0.39 is 11.0 Å². The van der Waals surface area contributed by atoms with Crippen LogP contribution < -0.4 is 5.32 Å². The first-order chi connectivity index (χ1) is 9.17. The number of anilines is 1. The van der Waals surface area contributed by atoms with Crippen LogP contribution in [0.2, 0.25) is 0 Å². The Morgan fingerprint density at radius 1 is 1.32 bits per heavy atom. The fourth-order valence-corrected chi connectivity index (χ4v) is 1.80. The summed E-state index contributed by atoms with van der Waals surface area (Å²) in [4.78, 5) is 14.6. The zero-order valence-corrected chi connectivity index (χ0v) is 9.98. The summed E-state index contributed by atoms with van der Waals surface area (Å²) >= 11 is 0. The summed E-state index contributed by atoms with van der Waals surface area (Å²) in [5.74, 6) is 0. The zero-order valence-electron chi connectivity index (χ0n) is 9.98. The molecule has 0 aliphatic heterocycles. The SMILES string of the molecule is O=[N+]([O-])c1ccc(NC(CO)CO)c2ncccc12. The Morgan fingerprint density at radius 2 is 2.05 bits per heavy atom. The smallest absolute Gasteiger partial charge is 0.278 e. The molecule has 100 valence electrons. The number of hydrogen-bond donors (Lipinski definition) is 3. The van der Waals surface area contributed by atoms with Gasteiger partial charge in [-0.25, -0.2) is 0 Å². The quantitative estimate of drug-likeness (QED) is 0.546. The molecular formula is C12H13N3O4. The van der Waals surface area contributed by atoms with E-state index in [9.17, 15) is 10.1 Å². The lowest BCUT2D eigenvalue weighted by Crippen LogP contribution is -2.27. The lowest BCUT2D eigenvalue weighted by Gasteiger charge is -2.15. The summed E-state index contributed by atoms with van der Waals surface area (Å²) in [6.07, 6.45) is 1.53. The molecule has 2 aromatic rings. The summed E-state index contributed by atoms with van der Waals surface area (Å²) in [5, 5.41) is 32.4. The van der Waals surface area contributed by atoms with Crippen LogP contribution in [0.3, 0.4) is 0 Å². The van der Waals surface area contributed by atoms with Crippen molar-refractivity contribution in [3.05, 3.63) is 40.6 Å². The number of nitro groups is 1. The average molecular weight is 263 g/mol. The Kier molecular flexibility index (Phi) is 3.88. The molecule has 0 atom stereocenters. The van der Waals surface area contributed by atoms with E-state index in [0.29, 0.717) is 16.6 Å². The molecule has 0 aliphatic rings. The van der Waals surface area contributed by atoms with Crippen molar-refractivity contribution in [2.75, 3.05) is 18.5 Å². The van der Waals surface area contributed by atoms with Gasteiger partial charge >= 0.3 is 0 Å². The Labute approximate surface area is 108 Å². The van der Waals surface area contributed by atoms with Crippen LogP contribution in [0.15, 0.2) is 30.5 Å². The van der Waals surface area contributed by atoms with Crippen LogP contribution in [0.25, 0.3) is 10.9 Å². The normalized spacial score (nSPS) is 10.9. The largest absolute Gasteiger partial charge is 0.394 e. The average Bonchev–Trinajstić information content (AvgIpc) is 2.44. The lowest BCUT2D eigenvalue weighted by molar-refractivity contribution is -0.383. The van der Waals surface area contributed by atoms with Crippen LogP contribution in [0.4, 0.5) is 11.4 Å². The Morgan fingerprint density at radius 3 is 2.68 bits per heavy atom. The topological polar surface area (TPSA) is 109 Å². The van der Waals surface area contributed by atoms with Crippen molar-refractivity contribution in [3.63, 3.8) is 0 Å². The van der Waals surface area contributed by atoms with Crippen LogP contribution in [0.5, 0.6) is 0 Å². The maximum absolute atomic E-state index is 10.9. The Balaban J connectivity index is 2.52. The third-order valence-electron chi connectivity index (χ3n) is 2.74. The van der Waals surface area contributed by atoms with Gasteiger partial charge in [-0.05, 0) is 18.2 Å². The third-order valence-corrected chi connectivity index (χ3v) is 2.74. The van der Waals surface area contributed by atoms with E-state index in [2.05, 4.69) is 10.3 Å². The van der Waals surface area contributed by atoms with Crippen LogP contribution in [-0.4, -0.2) is 39.4 Å². The van der Waals surface area contributed by atoms with E-state index >= 15 is 0 Å². The molecular weight excluding hydrogens is 250 g/mol. The van der Waals surface area contributed by atoms with Gasteiger partial charge in [-0.15, -0.1) is 0 Å². The van der Waals surface area contributed by atoms with E-state index in [4.69, 9.17) is 10.2 Å². The number of aliphatic hydroxyl groups excluding tert-OH is 2. The fraction of sp³-hybridized carbons (Fsp3) is 0.250. The van der Waals surface area contributed by atoms with Crippen LogP contribution in [-0.2, 0) is 0 Å². The molecule has 0 fully saturated rings. The summed E-state index contributed by atoms with van der Waals surface area (Å²) in [7, 11) is 0. The maximum Gasteiger partial charge on any atom is 0.278 e. The Hall–Kier alpha value is -2.25. The number of pyridine rings is 1. The van der Waals surface area contributed by atoms with Crippen molar-refractivity contribution in [1.29, 1.82) is 0 Å². The minimum absolute atomic E-state index is 0.0294. The summed E-state index contributed by atoms with van der Waals surface area (Å²) in [6.45, 7) is -0.496. The standard InChI is InChI=1S/C12H13N3O4/c16-6-8(7-17)14-10-3-4-11(15(18)19)9-2-1-5-13-12(9)10/h1-5,8,14,16-17H,6-7H2. The Bertz CT molecular complexity index is 599. The predicted molar refractivity (Wildman–Crippen MR) is 70.0 cm³/mol. The number of nitrogens with one attached hydrogen (secondary N) is 1. The van der Waals surface area contributed by atoms with Gasteiger partial charge in [0.05, 0.1) is 35.3 Å². The van der Waals surface area contributed by atoms with Crippen LogP contribution in [0, 0.1) is 10.1 Å². The van der Waals surface area contributed by atoms with E-state index in [1.807, 2.05) is 0 Å². The van der Waals surface area contributed by atoms with Crippen molar-refractivity contribution in [3.8, 4) is 0 Å². The number of fused-ring (bicyclic) bond motifs is 1. The fourth-order valence-electron chi connectivity index (χ4n) is 1.80. The number of non-ortho nitro benzene ring substituents is 1. The second-order valence-electron chi connectivity index (χ2n) is 4.00. The number of rotatable bonds is 5. The number of hydrogen-bond acceptors (Lipinski definition) is 6. The summed E-state index contributed by atoms with van der Waals surface area (Å²) in [5.41, 5.74) is 0.941. The highest BCUT2D eigenvalue weighted by Gasteiger charge is 2.16. The van der Waals surface area contributed by atoms with Crippen molar-refractivity contribution in [2.24, 2.45) is 0 Å². The molecule has 0 saturated heterocycles. The number of benzene rings is 1. The molecule has 3 N–H and O–H groups in total. The second-order valence-corrected chi connectivity index (χ2v) is 4.00. The zero-order chi connectivity index (χ0) is 13.8. The molecule has 0 unspecified atom stereocenters. The molecule has 7 heteroatoms. The van der Waals surface area contributed by atoms with E-state index in [0.717, 1.165) is 0 Å². The van der Waals surface area contributed by atoms with Crippen molar-refractivity contribution >= 4 is 22.3 Å². The number of aromatic nitrogens is 1. The molecule has 1 heterocycles. The first-order valence-electron chi connectivity index (χ1n) is 5.67. The monoisotopic (exact) mass is 263 g/mol. The number of aliphatic hydroxyl groups is 2. The molecule has 0 radical (unpaired) electrons. The molecule has 1 aromatic carbocycles. The molecule has 0 bridgehead atoms. The van der Waals surface area contributed by atoms with Gasteiger partial charge < -0.3 is 15.5 Å². The van der Waals surface area contributed by atoms with E-state index in [1.54, 1.807) is 12.1 Å². The lowest BCUT2D eigenvalue weighted by atomic mass is 10.1. The summed E-state index contributed by atoms with van der Waals surface area (Å²) < 4.78 is 0. The third kappa shape index (κ3) is 2.61. The number of nitrogens with zero attached hydrogens (tertiary/aromatic N) is 2. The van der Waals surface area contributed by atoms with Gasteiger partial charge in [0.2, 0.25) is 0 Å². The van der Waals surface area contributed by atoms with Crippen LogP contribution in [0.1, 0.15) is 0 Å². The van der Waals surface area contributed by atoms with E-state index in [-0.39, 0.29) is 18.9 Å². The highest BCUT2D eigenvalue weighted by Crippen LogP contribution is 2.29. The van der Waals surface area contributed by atoms with Gasteiger partial charge in [0.15, 0.2) is 0 Å². The van der Waals surface area contributed by atoms with Gasteiger partial charge in [0.1, 0.15) is 5.52 Å². The predicted octanol–water partition coefficient (Wildman–Crippen LogP) is 0.908. The second kappa shape index (κ2) is 5.59. The van der Waals surface area contributed by atoms with Crippen molar-refractivity contribution < 1.29 is 15.1 Å². The molecule has 7 nitrogen and oxygen atoms in total. The minimum Gasteiger partial charge on any atom is -0.394 e. The van der Waals surface area contributed by atoms with Crippen LogP contribution >= 0.6 is 0 Å². The van der Waals surface area contributed by atoms with Gasteiger partial charge in [-0.3, -0.25) is 15.1 Å². The summed E-state index contributed by atoms with van der Waals surface area (Å²) in [6, 6.07) is 5.59. The van der Waals surface area contributed by atoms with Gasteiger partial charge in [-0.2, -0.15) is 0 Å². The maximum atomic E-state index is 10.9. The van der Waals surface area contributed by atoms with Crippen molar-refractivity contribution in [1.82, 2.24) is 4.98 Å². The van der Waals surface area contributed by atoms with Gasteiger partial charge in [0, 0.05) is 12.3 Å². The highest BCUT2D eigenvalue weighted by atomic mass is 16.6. The van der Waals surface area contributed by atoms with Crippen molar-refractivity contribution in [2.45, 2.75) is 6.04 Å². The molecule has 0 saturated carbocycles. The van der Waals surface area contributed by atoms with Gasteiger partial charge in [-0.1, -0.05) is 0 Å². The van der Waals surface area contributed by atoms with Gasteiger partial charge in [0.25, 0.3) is 5.69 Å². The molecule has 0 amide bonds. The molecule has 2 rings (SSSR count). The molecule has 0 spiro atoms. The highest BCUT2D eigenvalue weighted by molar-refractivity contribution is 5.96.